The van der Waals surface area contributed by atoms with Crippen LogP contribution in [0.25, 0.3) is 0 Å². The van der Waals surface area contributed by atoms with Gasteiger partial charge < -0.3 is 9.57 Å². The third kappa shape index (κ3) is 3.65. The molecule has 1 saturated carbocycles. The molecule has 0 bridgehead atoms. The van der Waals surface area contributed by atoms with Crippen LogP contribution in [-0.4, -0.2) is 37.0 Å². The van der Waals surface area contributed by atoms with E-state index in [1.54, 1.807) is 6.92 Å². The smallest absolute Gasteiger partial charge is 0.316 e. The van der Waals surface area contributed by atoms with E-state index in [1.165, 1.54) is 7.11 Å². The van der Waals surface area contributed by atoms with Crippen LogP contribution in [0.5, 0.6) is 0 Å². The largest absolute Gasteiger partial charge is 0.468 e. The van der Waals surface area contributed by atoms with Crippen LogP contribution in [0.2, 0.25) is 0 Å². The monoisotopic (exact) mass is 283 g/mol. The van der Waals surface area contributed by atoms with Crippen LogP contribution < -0.4 is 0 Å². The topological polar surface area (TPSA) is 82.0 Å². The maximum Gasteiger partial charge on any atom is 0.316 e. The van der Waals surface area contributed by atoms with Crippen LogP contribution in [0.3, 0.4) is 0 Å². The Morgan fingerprint density at radius 2 is 2.05 bits per heavy atom. The van der Waals surface area contributed by atoms with Crippen molar-refractivity contribution in [3.8, 4) is 0 Å². The van der Waals surface area contributed by atoms with E-state index < -0.39 is 23.6 Å². The number of oxime groups is 1. The standard InChI is InChI=1S/C14H21NO5/c1-4-6-10(15-20-5-2)12-11(16)8-7-9(13(12)17)14(18)19-3/h9,12H,4-8H2,1-3H3/b15-10-/t9-,12-/m1/s1. The molecule has 1 fully saturated rings. The zero-order valence-electron chi connectivity index (χ0n) is 12.2. The lowest BCUT2D eigenvalue weighted by atomic mass is 9.76. The molecule has 1 aliphatic carbocycles. The van der Waals surface area contributed by atoms with Gasteiger partial charge in [-0.25, -0.2) is 0 Å². The van der Waals surface area contributed by atoms with Gasteiger partial charge in [0.25, 0.3) is 0 Å². The van der Waals surface area contributed by atoms with Gasteiger partial charge in [0, 0.05) is 6.42 Å². The SMILES string of the molecule is CCC/C(=N/OCC)[C@@H]1C(=O)CC[C@@H](C(=O)OC)C1=O. The van der Waals surface area contributed by atoms with Crippen LogP contribution in [0.4, 0.5) is 0 Å². The molecule has 0 aromatic carbocycles. The quantitative estimate of drug-likeness (QED) is 0.319. The van der Waals surface area contributed by atoms with Crippen molar-refractivity contribution in [3.63, 3.8) is 0 Å². The van der Waals surface area contributed by atoms with E-state index in [2.05, 4.69) is 9.89 Å². The molecule has 0 saturated heterocycles. The molecule has 6 heteroatoms. The zero-order chi connectivity index (χ0) is 15.1. The van der Waals surface area contributed by atoms with Gasteiger partial charge >= 0.3 is 5.97 Å². The molecule has 0 aromatic rings. The van der Waals surface area contributed by atoms with Crippen molar-refractivity contribution in [1.82, 2.24) is 0 Å². The first-order valence-corrected chi connectivity index (χ1v) is 6.89. The molecule has 20 heavy (non-hydrogen) atoms. The first kappa shape index (κ1) is 16.3. The predicted octanol–water partition coefficient (Wildman–Crippen LogP) is 1.52. The maximum absolute atomic E-state index is 12.4. The molecule has 0 heterocycles. The van der Waals surface area contributed by atoms with E-state index in [4.69, 9.17) is 4.84 Å². The Balaban J connectivity index is 3.00. The molecule has 0 aromatic heterocycles. The summed E-state index contributed by atoms with van der Waals surface area (Å²) in [5.74, 6) is -3.02. The molecule has 112 valence electrons. The van der Waals surface area contributed by atoms with Crippen LogP contribution in [0, 0.1) is 11.8 Å². The van der Waals surface area contributed by atoms with Crippen molar-refractivity contribution in [3.05, 3.63) is 0 Å². The van der Waals surface area contributed by atoms with E-state index in [0.717, 1.165) is 6.42 Å². The van der Waals surface area contributed by atoms with Gasteiger partial charge in [0.2, 0.25) is 0 Å². The summed E-state index contributed by atoms with van der Waals surface area (Å²) in [6, 6.07) is 0. The highest BCUT2D eigenvalue weighted by Crippen LogP contribution is 2.26. The van der Waals surface area contributed by atoms with E-state index in [-0.39, 0.29) is 18.6 Å². The predicted molar refractivity (Wildman–Crippen MR) is 72.2 cm³/mol. The molecular formula is C14H21NO5. The minimum Gasteiger partial charge on any atom is -0.468 e. The van der Waals surface area contributed by atoms with E-state index in [0.29, 0.717) is 18.7 Å². The van der Waals surface area contributed by atoms with Crippen LogP contribution in [0.15, 0.2) is 5.16 Å². The molecule has 1 aliphatic rings. The Bertz CT molecular complexity index is 416. The lowest BCUT2D eigenvalue weighted by molar-refractivity contribution is -0.152. The highest BCUT2D eigenvalue weighted by molar-refractivity contribution is 6.25. The van der Waals surface area contributed by atoms with Gasteiger partial charge in [0.15, 0.2) is 5.78 Å². The average Bonchev–Trinajstić information content (AvgIpc) is 2.44. The molecule has 6 nitrogen and oxygen atoms in total. The molecule has 1 rings (SSSR count). The van der Waals surface area contributed by atoms with Gasteiger partial charge in [0.05, 0.1) is 12.8 Å². The fourth-order valence-corrected chi connectivity index (χ4v) is 2.31. The molecule has 0 amide bonds. The average molecular weight is 283 g/mol. The molecule has 0 radical (unpaired) electrons. The Morgan fingerprint density at radius 1 is 1.35 bits per heavy atom. The lowest BCUT2D eigenvalue weighted by Gasteiger charge is -2.25. The number of carbonyl (C=O) groups excluding carboxylic acids is 3. The summed E-state index contributed by atoms with van der Waals surface area (Å²) >= 11 is 0. The number of nitrogens with zero attached hydrogens (tertiary/aromatic N) is 1. The third-order valence-corrected chi connectivity index (χ3v) is 3.27. The third-order valence-electron chi connectivity index (χ3n) is 3.27. The lowest BCUT2D eigenvalue weighted by Crippen LogP contribution is -2.43. The van der Waals surface area contributed by atoms with Crippen molar-refractivity contribution in [2.75, 3.05) is 13.7 Å². The normalized spacial score (nSPS) is 23.6. The van der Waals surface area contributed by atoms with Gasteiger partial charge in [-0.15, -0.1) is 0 Å². The van der Waals surface area contributed by atoms with Gasteiger partial charge in [-0.05, 0) is 19.8 Å². The van der Waals surface area contributed by atoms with Gasteiger partial charge in [-0.2, -0.15) is 0 Å². The number of hydrogen-bond donors (Lipinski definition) is 0. The number of carbonyl (C=O) groups is 3. The number of rotatable bonds is 6. The summed E-state index contributed by atoms with van der Waals surface area (Å²) in [6.45, 7) is 4.06. The Kier molecular flexibility index (Phi) is 6.35. The Labute approximate surface area is 118 Å². The van der Waals surface area contributed by atoms with Crippen molar-refractivity contribution < 1.29 is 24.0 Å². The van der Waals surface area contributed by atoms with Gasteiger partial charge in [0.1, 0.15) is 24.2 Å². The van der Waals surface area contributed by atoms with Crippen LogP contribution >= 0.6 is 0 Å². The van der Waals surface area contributed by atoms with Gasteiger partial charge in [-0.1, -0.05) is 18.5 Å². The van der Waals surface area contributed by atoms with Crippen molar-refractivity contribution in [2.24, 2.45) is 17.0 Å². The van der Waals surface area contributed by atoms with Crippen molar-refractivity contribution in [2.45, 2.75) is 39.5 Å². The number of ketones is 2. The maximum atomic E-state index is 12.4. The molecule has 0 N–H and O–H groups in total. The minimum absolute atomic E-state index is 0.186. The fourth-order valence-electron chi connectivity index (χ4n) is 2.31. The summed E-state index contributed by atoms with van der Waals surface area (Å²) in [5.41, 5.74) is 0.415. The summed E-state index contributed by atoms with van der Waals surface area (Å²) < 4.78 is 4.62. The summed E-state index contributed by atoms with van der Waals surface area (Å²) in [4.78, 5) is 41.0. The summed E-state index contributed by atoms with van der Waals surface area (Å²) in [7, 11) is 1.24. The number of ether oxygens (including phenoxy) is 1. The van der Waals surface area contributed by atoms with Crippen molar-refractivity contribution in [1.29, 1.82) is 0 Å². The fraction of sp³-hybridized carbons (Fsp3) is 0.714. The highest BCUT2D eigenvalue weighted by Gasteiger charge is 2.43. The van der Waals surface area contributed by atoms with E-state index >= 15 is 0 Å². The summed E-state index contributed by atoms with van der Waals surface area (Å²) in [5, 5.41) is 3.90. The minimum atomic E-state index is -0.959. The van der Waals surface area contributed by atoms with Gasteiger partial charge in [-0.3, -0.25) is 14.4 Å². The van der Waals surface area contributed by atoms with E-state index in [9.17, 15) is 14.4 Å². The molecule has 0 spiro atoms. The summed E-state index contributed by atoms with van der Waals surface area (Å²) in [6.07, 6.45) is 1.64. The Hall–Kier alpha value is -1.72. The number of hydrogen-bond acceptors (Lipinski definition) is 6. The number of esters is 1. The Morgan fingerprint density at radius 3 is 2.60 bits per heavy atom. The van der Waals surface area contributed by atoms with Crippen LogP contribution in [-0.2, 0) is 24.0 Å². The molecular weight excluding hydrogens is 262 g/mol. The molecule has 2 atom stereocenters. The van der Waals surface area contributed by atoms with Crippen LogP contribution in [0.1, 0.15) is 39.5 Å². The van der Waals surface area contributed by atoms with E-state index in [1.807, 2.05) is 6.92 Å². The highest BCUT2D eigenvalue weighted by atomic mass is 16.6. The number of methoxy groups -OCH3 is 1. The molecule has 0 unspecified atom stereocenters. The second-order valence-electron chi connectivity index (χ2n) is 4.67. The first-order valence-electron chi connectivity index (χ1n) is 6.89. The first-order chi connectivity index (χ1) is 9.56. The second-order valence-corrected chi connectivity index (χ2v) is 4.67. The van der Waals surface area contributed by atoms with Crippen molar-refractivity contribution >= 4 is 23.2 Å². The second kappa shape index (κ2) is 7.77. The number of Topliss-reactive ketones (excluding diaryl/α,β-unsaturated/α-hetero) is 2. The zero-order valence-corrected chi connectivity index (χ0v) is 12.2. The molecule has 0 aliphatic heterocycles.